The molecular formula is C9H11NO4S. The fraction of sp³-hybridized carbons (Fsp3) is 0.222. The monoisotopic (exact) mass is 229 g/mol. The lowest BCUT2D eigenvalue weighted by Crippen LogP contribution is -2.22. The second kappa shape index (κ2) is 4.52. The molecule has 0 atom stereocenters. The van der Waals surface area contributed by atoms with Crippen molar-refractivity contribution in [1.82, 2.24) is 4.89 Å². The Labute approximate surface area is 88.1 Å². The molecule has 5 nitrogen and oxygen atoms in total. The highest BCUT2D eigenvalue weighted by Crippen LogP contribution is 2.10. The van der Waals surface area contributed by atoms with Crippen LogP contribution in [0.3, 0.4) is 0 Å². The Balaban J connectivity index is 3.04. The molecule has 0 unspecified atom stereocenters. The molecule has 0 aliphatic carbocycles. The summed E-state index contributed by atoms with van der Waals surface area (Å²) in [5.74, 6) is -0.112. The Kier molecular flexibility index (Phi) is 3.57. The van der Waals surface area contributed by atoms with Gasteiger partial charge in [0.05, 0.1) is 12.0 Å². The van der Waals surface area contributed by atoms with Gasteiger partial charge < -0.3 is 0 Å². The molecule has 0 spiro atoms. The smallest absolute Gasteiger partial charge is 0.262 e. The van der Waals surface area contributed by atoms with Gasteiger partial charge in [0.15, 0.2) is 5.78 Å². The van der Waals surface area contributed by atoms with Gasteiger partial charge in [0, 0.05) is 5.56 Å². The largest absolute Gasteiger partial charge is 0.295 e. The average molecular weight is 229 g/mol. The first-order valence-corrected chi connectivity index (χ1v) is 5.61. The minimum absolute atomic E-state index is 0.0503. The van der Waals surface area contributed by atoms with Crippen LogP contribution in [0.25, 0.3) is 0 Å². The van der Waals surface area contributed by atoms with Crippen LogP contribution in [0.4, 0.5) is 0 Å². The van der Waals surface area contributed by atoms with Crippen LogP contribution in [0.1, 0.15) is 17.3 Å². The highest BCUT2D eigenvalue weighted by Gasteiger charge is 2.13. The first kappa shape index (κ1) is 11.8. The van der Waals surface area contributed by atoms with E-state index in [4.69, 9.17) is 0 Å². The predicted octanol–water partition coefficient (Wildman–Crippen LogP) is 0.729. The summed E-state index contributed by atoms with van der Waals surface area (Å²) in [6, 6.07) is 5.59. The molecule has 0 bridgehead atoms. The average Bonchev–Trinajstić information content (AvgIpc) is 2.18. The molecule has 0 saturated heterocycles. The zero-order valence-corrected chi connectivity index (χ0v) is 9.17. The fourth-order valence-electron chi connectivity index (χ4n) is 1.03. The van der Waals surface area contributed by atoms with Gasteiger partial charge in [0.25, 0.3) is 10.0 Å². The van der Waals surface area contributed by atoms with Crippen molar-refractivity contribution in [2.75, 3.05) is 7.11 Å². The maximum Gasteiger partial charge on any atom is 0.262 e. The number of benzene rings is 1. The zero-order valence-electron chi connectivity index (χ0n) is 8.35. The number of rotatable bonds is 4. The Hall–Kier alpha value is -1.24. The standard InChI is InChI=1S/C9H11NO4S/c1-7(11)8-3-5-9(6-4-8)15(12,13)10-14-2/h3-6,10H,1-2H3. The van der Waals surface area contributed by atoms with E-state index in [1.807, 2.05) is 4.89 Å². The van der Waals surface area contributed by atoms with E-state index in [9.17, 15) is 13.2 Å². The number of hydrogen-bond acceptors (Lipinski definition) is 4. The minimum Gasteiger partial charge on any atom is -0.295 e. The van der Waals surface area contributed by atoms with Gasteiger partial charge in [-0.2, -0.15) is 0 Å². The second-order valence-corrected chi connectivity index (χ2v) is 4.52. The molecule has 0 aliphatic heterocycles. The van der Waals surface area contributed by atoms with E-state index in [0.29, 0.717) is 5.56 Å². The molecule has 0 amide bonds. The number of nitrogens with one attached hydrogen (secondary N) is 1. The first-order valence-electron chi connectivity index (χ1n) is 4.13. The lowest BCUT2D eigenvalue weighted by Gasteiger charge is -2.04. The number of Topliss-reactive ketones (excluding diaryl/α,β-unsaturated/α-hetero) is 1. The topological polar surface area (TPSA) is 72.5 Å². The SMILES string of the molecule is CONS(=O)(=O)c1ccc(C(C)=O)cc1. The van der Waals surface area contributed by atoms with Gasteiger partial charge in [0.1, 0.15) is 0 Å². The summed E-state index contributed by atoms with van der Waals surface area (Å²) >= 11 is 0. The molecule has 6 heteroatoms. The van der Waals surface area contributed by atoms with Crippen LogP contribution in [-0.2, 0) is 14.9 Å². The van der Waals surface area contributed by atoms with E-state index in [0.717, 1.165) is 0 Å². The Bertz CT molecular complexity index is 450. The summed E-state index contributed by atoms with van der Waals surface area (Å²) < 4.78 is 22.8. The van der Waals surface area contributed by atoms with Gasteiger partial charge in [-0.3, -0.25) is 9.63 Å². The van der Waals surface area contributed by atoms with E-state index in [1.54, 1.807) is 0 Å². The van der Waals surface area contributed by atoms with Crippen LogP contribution in [0.15, 0.2) is 29.2 Å². The molecule has 0 saturated carbocycles. The third-order valence-corrected chi connectivity index (χ3v) is 3.04. The Morgan fingerprint density at radius 1 is 1.27 bits per heavy atom. The van der Waals surface area contributed by atoms with Crippen LogP contribution in [0.2, 0.25) is 0 Å². The first-order chi connectivity index (χ1) is 6.97. The van der Waals surface area contributed by atoms with Gasteiger partial charge in [-0.1, -0.05) is 17.0 Å². The Morgan fingerprint density at radius 3 is 2.20 bits per heavy atom. The summed E-state index contributed by atoms with van der Waals surface area (Å²) in [7, 11) is -2.43. The van der Waals surface area contributed by atoms with Crippen LogP contribution in [0, 0.1) is 0 Å². The summed E-state index contributed by atoms with van der Waals surface area (Å²) in [5, 5.41) is 0. The second-order valence-electron chi connectivity index (χ2n) is 2.87. The molecule has 15 heavy (non-hydrogen) atoms. The van der Waals surface area contributed by atoms with Gasteiger partial charge in [-0.15, -0.1) is 0 Å². The molecule has 1 N–H and O–H groups in total. The van der Waals surface area contributed by atoms with Crippen LogP contribution in [0.5, 0.6) is 0 Å². The number of ketones is 1. The van der Waals surface area contributed by atoms with E-state index in [1.165, 1.54) is 38.3 Å². The van der Waals surface area contributed by atoms with Gasteiger partial charge in [0.2, 0.25) is 0 Å². The van der Waals surface area contributed by atoms with Crippen molar-refractivity contribution >= 4 is 15.8 Å². The predicted molar refractivity (Wildman–Crippen MR) is 53.8 cm³/mol. The van der Waals surface area contributed by atoms with Crippen LogP contribution >= 0.6 is 0 Å². The van der Waals surface area contributed by atoms with Gasteiger partial charge in [-0.05, 0) is 19.1 Å². The summed E-state index contributed by atoms with van der Waals surface area (Å²) in [5.41, 5.74) is 0.464. The van der Waals surface area contributed by atoms with Crippen molar-refractivity contribution in [2.45, 2.75) is 11.8 Å². The third kappa shape index (κ3) is 2.85. The highest BCUT2D eigenvalue weighted by molar-refractivity contribution is 7.89. The summed E-state index contributed by atoms with van der Waals surface area (Å²) in [4.78, 5) is 17.2. The zero-order chi connectivity index (χ0) is 11.5. The number of sulfonamides is 1. The van der Waals surface area contributed by atoms with Crippen molar-refractivity contribution in [3.8, 4) is 0 Å². The molecule has 1 rings (SSSR count). The van der Waals surface area contributed by atoms with Gasteiger partial charge in [-0.25, -0.2) is 8.42 Å². The number of carbonyl (C=O) groups is 1. The molecule has 0 aromatic heterocycles. The molecule has 1 aromatic rings. The Morgan fingerprint density at radius 2 is 1.80 bits per heavy atom. The van der Waals surface area contributed by atoms with Crippen molar-refractivity contribution < 1.29 is 18.0 Å². The van der Waals surface area contributed by atoms with Crippen molar-refractivity contribution in [2.24, 2.45) is 0 Å². The van der Waals surface area contributed by atoms with Crippen molar-refractivity contribution in [3.63, 3.8) is 0 Å². The number of hydrogen-bond donors (Lipinski definition) is 1. The quantitative estimate of drug-likeness (QED) is 0.610. The lowest BCUT2D eigenvalue weighted by molar-refractivity contribution is 0.101. The van der Waals surface area contributed by atoms with Crippen LogP contribution in [-0.4, -0.2) is 21.3 Å². The highest BCUT2D eigenvalue weighted by atomic mass is 32.2. The minimum atomic E-state index is -3.64. The van der Waals surface area contributed by atoms with E-state index >= 15 is 0 Å². The summed E-state index contributed by atoms with van der Waals surface area (Å²) in [6.07, 6.45) is 0. The van der Waals surface area contributed by atoms with E-state index in [-0.39, 0.29) is 10.7 Å². The maximum absolute atomic E-state index is 11.4. The normalized spacial score (nSPS) is 11.3. The molecule has 1 aromatic carbocycles. The third-order valence-electron chi connectivity index (χ3n) is 1.76. The molecular weight excluding hydrogens is 218 g/mol. The van der Waals surface area contributed by atoms with Crippen molar-refractivity contribution in [1.29, 1.82) is 0 Å². The van der Waals surface area contributed by atoms with E-state index < -0.39 is 10.0 Å². The van der Waals surface area contributed by atoms with Crippen molar-refractivity contribution in [3.05, 3.63) is 29.8 Å². The fourth-order valence-corrected chi connectivity index (χ4v) is 1.84. The molecule has 0 aliphatic rings. The number of carbonyl (C=O) groups excluding carboxylic acids is 1. The van der Waals surface area contributed by atoms with Crippen LogP contribution < -0.4 is 4.89 Å². The van der Waals surface area contributed by atoms with Gasteiger partial charge >= 0.3 is 0 Å². The van der Waals surface area contributed by atoms with E-state index in [2.05, 4.69) is 4.84 Å². The molecule has 0 radical (unpaired) electrons. The summed E-state index contributed by atoms with van der Waals surface area (Å²) in [6.45, 7) is 1.41. The lowest BCUT2D eigenvalue weighted by atomic mass is 10.2. The molecule has 0 fully saturated rings. The molecule has 0 heterocycles. The molecule has 82 valence electrons. The maximum atomic E-state index is 11.4.